The van der Waals surface area contributed by atoms with Gasteiger partial charge >= 0.3 is 5.97 Å². The second-order valence-corrected chi connectivity index (χ2v) is 3.82. The van der Waals surface area contributed by atoms with E-state index in [-0.39, 0.29) is 18.0 Å². The Morgan fingerprint density at radius 2 is 2.07 bits per heavy atom. The summed E-state index contributed by atoms with van der Waals surface area (Å²) in [5.74, 6) is -0.244. The lowest BCUT2D eigenvalue weighted by atomic mass is 9.96. The first-order valence-electron chi connectivity index (χ1n) is 5.36. The zero-order chi connectivity index (χ0) is 11.0. The second-order valence-electron chi connectivity index (χ2n) is 3.82. The Balaban J connectivity index is 3.64. The fourth-order valence-corrected chi connectivity index (χ4v) is 1.37. The van der Waals surface area contributed by atoms with E-state index in [0.29, 0.717) is 6.42 Å². The molecule has 0 aliphatic heterocycles. The molecule has 0 aromatic heterocycles. The SMILES string of the molecule is CCCCCC(O)C(C)CC(=O)OC. The van der Waals surface area contributed by atoms with Gasteiger partial charge < -0.3 is 9.84 Å². The van der Waals surface area contributed by atoms with Crippen LogP contribution in [0.5, 0.6) is 0 Å². The summed E-state index contributed by atoms with van der Waals surface area (Å²) in [7, 11) is 1.37. The van der Waals surface area contributed by atoms with E-state index < -0.39 is 0 Å². The molecule has 1 N–H and O–H groups in total. The molecule has 84 valence electrons. The lowest BCUT2D eigenvalue weighted by molar-refractivity contribution is -0.142. The molecule has 0 saturated carbocycles. The topological polar surface area (TPSA) is 46.5 Å². The van der Waals surface area contributed by atoms with Crippen LogP contribution < -0.4 is 0 Å². The minimum atomic E-state index is -0.374. The molecule has 2 unspecified atom stereocenters. The summed E-state index contributed by atoms with van der Waals surface area (Å²) < 4.78 is 4.55. The van der Waals surface area contributed by atoms with Crippen LogP contribution in [0.15, 0.2) is 0 Å². The highest BCUT2D eigenvalue weighted by atomic mass is 16.5. The van der Waals surface area contributed by atoms with Gasteiger partial charge in [0.15, 0.2) is 0 Å². The number of carbonyl (C=O) groups is 1. The van der Waals surface area contributed by atoms with Crippen LogP contribution in [-0.2, 0) is 9.53 Å². The molecule has 14 heavy (non-hydrogen) atoms. The molecule has 3 heteroatoms. The van der Waals surface area contributed by atoms with E-state index in [1.54, 1.807) is 0 Å². The molecule has 0 aliphatic rings. The number of esters is 1. The molecule has 0 amide bonds. The first-order valence-corrected chi connectivity index (χ1v) is 5.36. The van der Waals surface area contributed by atoms with Crippen molar-refractivity contribution in [3.8, 4) is 0 Å². The third-order valence-electron chi connectivity index (χ3n) is 2.48. The van der Waals surface area contributed by atoms with Gasteiger partial charge in [0.1, 0.15) is 0 Å². The van der Waals surface area contributed by atoms with E-state index in [1.165, 1.54) is 7.11 Å². The van der Waals surface area contributed by atoms with Crippen LogP contribution in [0, 0.1) is 5.92 Å². The number of methoxy groups -OCH3 is 1. The van der Waals surface area contributed by atoms with E-state index >= 15 is 0 Å². The fourth-order valence-electron chi connectivity index (χ4n) is 1.37. The molecule has 0 saturated heterocycles. The monoisotopic (exact) mass is 202 g/mol. The van der Waals surface area contributed by atoms with Crippen molar-refractivity contribution in [2.75, 3.05) is 7.11 Å². The van der Waals surface area contributed by atoms with E-state index in [9.17, 15) is 9.90 Å². The Bertz CT molecular complexity index is 157. The Morgan fingerprint density at radius 3 is 2.57 bits per heavy atom. The first kappa shape index (κ1) is 13.4. The van der Waals surface area contributed by atoms with Crippen LogP contribution in [0.2, 0.25) is 0 Å². The van der Waals surface area contributed by atoms with Crippen molar-refractivity contribution in [1.29, 1.82) is 0 Å². The molecule has 0 fully saturated rings. The van der Waals surface area contributed by atoms with Gasteiger partial charge in [0.25, 0.3) is 0 Å². The summed E-state index contributed by atoms with van der Waals surface area (Å²) in [6, 6.07) is 0. The largest absolute Gasteiger partial charge is 0.469 e. The maximum atomic E-state index is 10.9. The minimum Gasteiger partial charge on any atom is -0.469 e. The number of aliphatic hydroxyl groups excluding tert-OH is 1. The number of carbonyl (C=O) groups excluding carboxylic acids is 1. The van der Waals surface area contributed by atoms with Gasteiger partial charge in [-0.05, 0) is 12.3 Å². The summed E-state index contributed by atoms with van der Waals surface area (Å²) in [6.45, 7) is 4.01. The average Bonchev–Trinajstić information content (AvgIpc) is 2.17. The number of hydrogen-bond donors (Lipinski definition) is 1. The summed E-state index contributed by atoms with van der Waals surface area (Å²) in [6.07, 6.45) is 4.04. The average molecular weight is 202 g/mol. The van der Waals surface area contributed by atoms with Gasteiger partial charge in [-0.2, -0.15) is 0 Å². The predicted octanol–water partition coefficient (Wildman–Crippen LogP) is 2.13. The minimum absolute atomic E-state index is 0.000642. The van der Waals surface area contributed by atoms with Crippen LogP contribution >= 0.6 is 0 Å². The Labute approximate surface area is 86.5 Å². The highest BCUT2D eigenvalue weighted by Crippen LogP contribution is 2.15. The summed E-state index contributed by atoms with van der Waals surface area (Å²) in [5.41, 5.74) is 0. The molecule has 0 aromatic carbocycles. The fraction of sp³-hybridized carbons (Fsp3) is 0.909. The normalized spacial score (nSPS) is 14.9. The molecule has 3 nitrogen and oxygen atoms in total. The molecule has 2 atom stereocenters. The number of rotatable bonds is 7. The Hall–Kier alpha value is -0.570. The van der Waals surface area contributed by atoms with Gasteiger partial charge in [-0.3, -0.25) is 4.79 Å². The van der Waals surface area contributed by atoms with Gasteiger partial charge in [0.05, 0.1) is 19.6 Å². The van der Waals surface area contributed by atoms with Crippen molar-refractivity contribution in [3.05, 3.63) is 0 Å². The summed E-state index contributed by atoms with van der Waals surface area (Å²) >= 11 is 0. The lowest BCUT2D eigenvalue weighted by Gasteiger charge is -2.17. The molecule has 0 aliphatic carbocycles. The van der Waals surface area contributed by atoms with Gasteiger partial charge in [-0.1, -0.05) is 33.1 Å². The van der Waals surface area contributed by atoms with Crippen molar-refractivity contribution >= 4 is 5.97 Å². The number of ether oxygens (including phenoxy) is 1. The van der Waals surface area contributed by atoms with E-state index in [2.05, 4.69) is 11.7 Å². The van der Waals surface area contributed by atoms with Gasteiger partial charge in [0.2, 0.25) is 0 Å². The molecule has 0 bridgehead atoms. The number of unbranched alkanes of at least 4 members (excludes halogenated alkanes) is 2. The molecule has 0 radical (unpaired) electrons. The quantitative estimate of drug-likeness (QED) is 0.508. The lowest BCUT2D eigenvalue weighted by Crippen LogP contribution is -2.21. The molecule has 0 aromatic rings. The van der Waals surface area contributed by atoms with Gasteiger partial charge in [-0.15, -0.1) is 0 Å². The van der Waals surface area contributed by atoms with Crippen molar-refractivity contribution in [2.45, 2.75) is 52.1 Å². The van der Waals surface area contributed by atoms with Crippen LogP contribution in [0.4, 0.5) is 0 Å². The third kappa shape index (κ3) is 5.97. The predicted molar refractivity (Wildman–Crippen MR) is 55.9 cm³/mol. The smallest absolute Gasteiger partial charge is 0.305 e. The third-order valence-corrected chi connectivity index (χ3v) is 2.48. The Morgan fingerprint density at radius 1 is 1.43 bits per heavy atom. The van der Waals surface area contributed by atoms with Gasteiger partial charge in [0, 0.05) is 0 Å². The maximum Gasteiger partial charge on any atom is 0.305 e. The zero-order valence-corrected chi connectivity index (χ0v) is 9.45. The first-order chi connectivity index (χ1) is 6.61. The van der Waals surface area contributed by atoms with Crippen molar-refractivity contribution < 1.29 is 14.6 Å². The van der Waals surface area contributed by atoms with Crippen LogP contribution in [-0.4, -0.2) is 24.3 Å². The van der Waals surface area contributed by atoms with E-state index in [1.807, 2.05) is 6.92 Å². The van der Waals surface area contributed by atoms with E-state index in [0.717, 1.165) is 25.7 Å². The van der Waals surface area contributed by atoms with Crippen molar-refractivity contribution in [3.63, 3.8) is 0 Å². The molecule has 0 rings (SSSR count). The highest BCUT2D eigenvalue weighted by Gasteiger charge is 2.17. The van der Waals surface area contributed by atoms with Crippen molar-refractivity contribution in [2.24, 2.45) is 5.92 Å². The second kappa shape index (κ2) is 7.80. The van der Waals surface area contributed by atoms with Crippen LogP contribution in [0.25, 0.3) is 0 Å². The number of aliphatic hydroxyl groups is 1. The zero-order valence-electron chi connectivity index (χ0n) is 9.45. The number of hydrogen-bond acceptors (Lipinski definition) is 3. The highest BCUT2D eigenvalue weighted by molar-refractivity contribution is 5.69. The standard InChI is InChI=1S/C11H22O3/c1-4-5-6-7-10(12)9(2)8-11(13)14-3/h9-10,12H,4-8H2,1-3H3. The Kier molecular flexibility index (Phi) is 7.48. The molecular weight excluding hydrogens is 180 g/mol. The van der Waals surface area contributed by atoms with Crippen LogP contribution in [0.1, 0.15) is 46.0 Å². The summed E-state index contributed by atoms with van der Waals surface area (Å²) in [4.78, 5) is 10.9. The molecular formula is C11H22O3. The molecule has 0 spiro atoms. The molecule has 0 heterocycles. The van der Waals surface area contributed by atoms with Crippen LogP contribution in [0.3, 0.4) is 0 Å². The maximum absolute atomic E-state index is 10.9. The van der Waals surface area contributed by atoms with E-state index in [4.69, 9.17) is 0 Å². The summed E-state index contributed by atoms with van der Waals surface area (Å²) in [5, 5.41) is 9.68. The van der Waals surface area contributed by atoms with Crippen molar-refractivity contribution in [1.82, 2.24) is 0 Å². The van der Waals surface area contributed by atoms with Gasteiger partial charge in [-0.25, -0.2) is 0 Å².